The summed E-state index contributed by atoms with van der Waals surface area (Å²) in [5, 5.41) is 3.01. The smallest absolute Gasteiger partial charge is 0.245 e. The van der Waals surface area contributed by atoms with Crippen LogP contribution in [0.4, 0.5) is 4.39 Å². The minimum Gasteiger partial charge on any atom is -0.489 e. The molecule has 7 nitrogen and oxygen atoms in total. The van der Waals surface area contributed by atoms with Gasteiger partial charge in [-0.1, -0.05) is 41.9 Å². The van der Waals surface area contributed by atoms with E-state index in [-0.39, 0.29) is 53.3 Å². The van der Waals surface area contributed by atoms with Gasteiger partial charge in [0.15, 0.2) is 9.84 Å². The summed E-state index contributed by atoms with van der Waals surface area (Å²) in [6, 6.07) is 16.8. The lowest BCUT2D eigenvalue weighted by Gasteiger charge is -2.43. The van der Waals surface area contributed by atoms with Crippen LogP contribution in [0.3, 0.4) is 0 Å². The van der Waals surface area contributed by atoms with E-state index >= 15 is 0 Å². The van der Waals surface area contributed by atoms with Crippen molar-refractivity contribution in [2.45, 2.75) is 60.4 Å². The van der Waals surface area contributed by atoms with Crippen molar-refractivity contribution in [3.8, 4) is 5.75 Å². The van der Waals surface area contributed by atoms with Crippen molar-refractivity contribution in [3.63, 3.8) is 0 Å². The van der Waals surface area contributed by atoms with E-state index in [1.807, 2.05) is 6.07 Å². The number of aryl methyl sites for hydroxylation is 1. The third-order valence-electron chi connectivity index (χ3n) is 8.41. The van der Waals surface area contributed by atoms with Gasteiger partial charge < -0.3 is 15.0 Å². The van der Waals surface area contributed by atoms with Crippen molar-refractivity contribution in [2.24, 2.45) is 0 Å². The Balaban J connectivity index is 1.38. The molecule has 40 heavy (non-hydrogen) atoms. The first-order valence-electron chi connectivity index (χ1n) is 13.3. The third-order valence-corrected chi connectivity index (χ3v) is 11.3. The number of halogens is 2. The molecule has 10 heteroatoms. The summed E-state index contributed by atoms with van der Waals surface area (Å²) in [7, 11) is -3.94. The zero-order chi connectivity index (χ0) is 28.1. The monoisotopic (exact) mass is 582 g/mol. The van der Waals surface area contributed by atoms with Gasteiger partial charge in [0, 0.05) is 18.5 Å². The van der Waals surface area contributed by atoms with E-state index in [0.29, 0.717) is 30.6 Å². The van der Waals surface area contributed by atoms with Crippen LogP contribution < -0.4 is 10.1 Å². The molecule has 208 valence electrons. The fourth-order valence-electron chi connectivity index (χ4n) is 6.49. The molecule has 1 N–H and O–H groups in total. The molecule has 2 heterocycles. The standard InChI is InChI=1S/C30H28ClFN2O5S/c31-24-7-4-8-25(32)22(24)18-39-20-10-11-23-19(17-20)9-13-27-30(23,40(37,38)21-5-2-1-3-6-21)15-16-34(27)29(36)26-12-14-28(35)33-26/h1-8,10-11,17,26-27H,9,12-16,18H2,(H,33,35)/t26-,27-,30-/m1/s1. The number of likely N-dealkylation sites (tertiary alicyclic amines) is 1. The lowest BCUT2D eigenvalue weighted by Crippen LogP contribution is -2.54. The number of amides is 2. The highest BCUT2D eigenvalue weighted by molar-refractivity contribution is 7.92. The van der Waals surface area contributed by atoms with Crippen LogP contribution in [0, 0.1) is 5.82 Å². The summed E-state index contributed by atoms with van der Waals surface area (Å²) in [5.74, 6) is -0.385. The molecular formula is C30H28ClFN2O5S. The van der Waals surface area contributed by atoms with Crippen LogP contribution in [-0.4, -0.2) is 43.8 Å². The Morgan fingerprint density at radius 3 is 2.60 bits per heavy atom. The molecule has 1 aliphatic carbocycles. The maximum absolute atomic E-state index is 14.5. The highest BCUT2D eigenvalue weighted by atomic mass is 35.5. The van der Waals surface area contributed by atoms with Gasteiger partial charge in [-0.2, -0.15) is 0 Å². The van der Waals surface area contributed by atoms with Crippen molar-refractivity contribution in [3.05, 3.63) is 94.3 Å². The van der Waals surface area contributed by atoms with Gasteiger partial charge in [0.1, 0.15) is 29.0 Å². The highest BCUT2D eigenvalue weighted by Gasteiger charge is 2.61. The third kappa shape index (κ3) is 4.27. The summed E-state index contributed by atoms with van der Waals surface area (Å²) in [4.78, 5) is 27.2. The Hall–Kier alpha value is -3.43. The second-order valence-electron chi connectivity index (χ2n) is 10.5. The van der Waals surface area contributed by atoms with Gasteiger partial charge in [-0.25, -0.2) is 12.8 Å². The Bertz CT molecular complexity index is 1580. The number of nitrogens with one attached hydrogen (secondary N) is 1. The summed E-state index contributed by atoms with van der Waals surface area (Å²) < 4.78 is 47.7. The predicted molar refractivity (Wildman–Crippen MR) is 147 cm³/mol. The fourth-order valence-corrected chi connectivity index (χ4v) is 9.10. The quantitative estimate of drug-likeness (QED) is 0.460. The summed E-state index contributed by atoms with van der Waals surface area (Å²) >= 11 is 6.15. The first-order valence-corrected chi connectivity index (χ1v) is 15.2. The average molecular weight is 583 g/mol. The van der Waals surface area contributed by atoms with E-state index in [9.17, 15) is 22.4 Å². The molecule has 0 unspecified atom stereocenters. The number of benzene rings is 3. The van der Waals surface area contributed by atoms with Crippen LogP contribution in [0.25, 0.3) is 0 Å². The number of carbonyl (C=O) groups is 2. The summed E-state index contributed by atoms with van der Waals surface area (Å²) in [6.45, 7) is 0.196. The number of fused-ring (bicyclic) bond motifs is 3. The molecule has 2 amide bonds. The van der Waals surface area contributed by atoms with Crippen LogP contribution in [0.2, 0.25) is 5.02 Å². The van der Waals surface area contributed by atoms with Gasteiger partial charge in [-0.05, 0) is 73.2 Å². The molecule has 3 atom stereocenters. The van der Waals surface area contributed by atoms with Crippen molar-refractivity contribution in [1.82, 2.24) is 10.2 Å². The van der Waals surface area contributed by atoms with Crippen LogP contribution in [0.15, 0.2) is 71.6 Å². The van der Waals surface area contributed by atoms with Crippen molar-refractivity contribution in [1.29, 1.82) is 0 Å². The molecule has 0 spiro atoms. The summed E-state index contributed by atoms with van der Waals surface area (Å²) in [6.07, 6.45) is 1.90. The maximum Gasteiger partial charge on any atom is 0.245 e. The SMILES string of the molecule is O=C1CC[C@H](C(=O)N2CC[C@@]3(S(=O)(=O)c4ccccc4)c4ccc(OCc5c(F)cccc5Cl)cc4CC[C@@H]23)N1. The van der Waals surface area contributed by atoms with E-state index in [1.165, 1.54) is 12.1 Å². The molecule has 0 radical (unpaired) electrons. The largest absolute Gasteiger partial charge is 0.489 e. The van der Waals surface area contributed by atoms with Gasteiger partial charge in [-0.15, -0.1) is 0 Å². The van der Waals surface area contributed by atoms with Gasteiger partial charge in [0.2, 0.25) is 11.8 Å². The number of hydrogen-bond donors (Lipinski definition) is 1. The molecule has 0 saturated carbocycles. The predicted octanol–water partition coefficient (Wildman–Crippen LogP) is 4.55. The Kier molecular flexibility index (Phi) is 6.82. The minimum absolute atomic E-state index is 0.0736. The first kappa shape index (κ1) is 26.8. The zero-order valence-electron chi connectivity index (χ0n) is 21.6. The van der Waals surface area contributed by atoms with E-state index < -0.39 is 32.5 Å². The number of hydrogen-bond acceptors (Lipinski definition) is 5. The lowest BCUT2D eigenvalue weighted by molar-refractivity contribution is -0.135. The molecule has 0 aromatic heterocycles. The van der Waals surface area contributed by atoms with Crippen molar-refractivity contribution >= 4 is 33.3 Å². The van der Waals surface area contributed by atoms with Gasteiger partial charge >= 0.3 is 0 Å². The Morgan fingerprint density at radius 2 is 1.88 bits per heavy atom. The second kappa shape index (κ2) is 10.2. The van der Waals surface area contributed by atoms with E-state index in [2.05, 4.69) is 5.32 Å². The van der Waals surface area contributed by atoms with Crippen molar-refractivity contribution in [2.75, 3.05) is 6.54 Å². The Labute approximate surface area is 237 Å². The first-order chi connectivity index (χ1) is 19.2. The lowest BCUT2D eigenvalue weighted by atomic mass is 9.78. The number of rotatable bonds is 6. The fraction of sp³-hybridized carbons (Fsp3) is 0.333. The minimum atomic E-state index is -3.94. The molecule has 2 fully saturated rings. The number of nitrogens with zero attached hydrogens (tertiary/aromatic N) is 1. The molecule has 3 aromatic carbocycles. The Morgan fingerprint density at radius 1 is 1.07 bits per heavy atom. The van der Waals surface area contributed by atoms with Crippen LogP contribution in [0.1, 0.15) is 42.4 Å². The van der Waals surface area contributed by atoms with Gasteiger partial charge in [0.05, 0.1) is 16.0 Å². The molecule has 6 rings (SSSR count). The maximum atomic E-state index is 14.5. The molecule has 3 aliphatic rings. The number of carbonyl (C=O) groups excluding carboxylic acids is 2. The molecule has 3 aromatic rings. The second-order valence-corrected chi connectivity index (χ2v) is 13.1. The highest BCUT2D eigenvalue weighted by Crippen LogP contribution is 2.53. The average Bonchev–Trinajstić information content (AvgIpc) is 3.57. The van der Waals surface area contributed by atoms with E-state index in [4.69, 9.17) is 16.3 Å². The van der Waals surface area contributed by atoms with Crippen LogP contribution in [-0.2, 0) is 37.2 Å². The van der Waals surface area contributed by atoms with Crippen molar-refractivity contribution < 1.29 is 27.1 Å². The van der Waals surface area contributed by atoms with Gasteiger partial charge in [0.25, 0.3) is 0 Å². The van der Waals surface area contributed by atoms with Gasteiger partial charge in [-0.3, -0.25) is 9.59 Å². The van der Waals surface area contributed by atoms with E-state index in [0.717, 1.165) is 5.56 Å². The summed E-state index contributed by atoms with van der Waals surface area (Å²) in [5.41, 5.74) is 1.71. The molecule has 2 aliphatic heterocycles. The zero-order valence-corrected chi connectivity index (χ0v) is 23.2. The normalized spacial score (nSPS) is 23.9. The van der Waals surface area contributed by atoms with Crippen LogP contribution in [0.5, 0.6) is 5.75 Å². The number of ether oxygens (including phenoxy) is 1. The van der Waals surface area contributed by atoms with E-state index in [1.54, 1.807) is 53.4 Å². The number of sulfone groups is 1. The topological polar surface area (TPSA) is 92.8 Å². The van der Waals surface area contributed by atoms with Crippen LogP contribution >= 0.6 is 11.6 Å². The molecule has 0 bridgehead atoms. The molecule has 2 saturated heterocycles. The molecular weight excluding hydrogens is 555 g/mol.